The quantitative estimate of drug-likeness (QED) is 0.788. The largest absolute Gasteiger partial charge is 0.327 e. The molecule has 0 aliphatic heterocycles. The summed E-state index contributed by atoms with van der Waals surface area (Å²) in [7, 11) is 0. The van der Waals surface area contributed by atoms with E-state index in [1.54, 1.807) is 0 Å². The average molecular weight is 232 g/mol. The van der Waals surface area contributed by atoms with Gasteiger partial charge in [-0.1, -0.05) is 13.8 Å². The minimum atomic E-state index is -0.205. The van der Waals surface area contributed by atoms with Crippen LogP contribution in [-0.2, 0) is 6.54 Å². The molecule has 1 fully saturated rings. The van der Waals surface area contributed by atoms with E-state index in [0.717, 1.165) is 29.3 Å². The number of nitrogens with zero attached hydrogens (tertiary/aromatic N) is 2. The third kappa shape index (κ3) is 1.94. The van der Waals surface area contributed by atoms with E-state index in [4.69, 9.17) is 0 Å². The van der Waals surface area contributed by atoms with Crippen LogP contribution < -0.4 is 0 Å². The fraction of sp³-hybridized carbons (Fsp3) is 0.500. The molecule has 0 bridgehead atoms. The highest BCUT2D eigenvalue weighted by Crippen LogP contribution is 2.33. The zero-order chi connectivity index (χ0) is 12.0. The number of benzene rings is 1. The van der Waals surface area contributed by atoms with E-state index in [1.165, 1.54) is 25.0 Å². The van der Waals surface area contributed by atoms with Crippen LogP contribution in [0.2, 0.25) is 0 Å². The van der Waals surface area contributed by atoms with Crippen molar-refractivity contribution in [2.24, 2.45) is 5.92 Å². The van der Waals surface area contributed by atoms with Crippen molar-refractivity contribution in [3.63, 3.8) is 0 Å². The van der Waals surface area contributed by atoms with Gasteiger partial charge in [0.05, 0.1) is 11.0 Å². The Labute approximate surface area is 100 Å². The molecule has 0 amide bonds. The second kappa shape index (κ2) is 3.83. The van der Waals surface area contributed by atoms with E-state index in [9.17, 15) is 4.39 Å². The van der Waals surface area contributed by atoms with Crippen molar-refractivity contribution in [3.8, 4) is 0 Å². The van der Waals surface area contributed by atoms with Crippen molar-refractivity contribution in [1.29, 1.82) is 0 Å². The van der Waals surface area contributed by atoms with Crippen molar-refractivity contribution < 1.29 is 4.39 Å². The van der Waals surface area contributed by atoms with E-state index in [-0.39, 0.29) is 5.82 Å². The topological polar surface area (TPSA) is 17.8 Å². The van der Waals surface area contributed by atoms with Crippen molar-refractivity contribution in [1.82, 2.24) is 9.55 Å². The second-order valence-electron chi connectivity index (χ2n) is 5.31. The van der Waals surface area contributed by atoms with Crippen LogP contribution in [0.5, 0.6) is 0 Å². The number of rotatable bonds is 3. The molecule has 1 heterocycles. The number of fused-ring (bicyclic) bond motifs is 1. The van der Waals surface area contributed by atoms with Crippen molar-refractivity contribution in [2.45, 2.75) is 39.2 Å². The van der Waals surface area contributed by atoms with Crippen LogP contribution in [0.4, 0.5) is 4.39 Å². The van der Waals surface area contributed by atoms with Crippen LogP contribution in [0.25, 0.3) is 11.0 Å². The second-order valence-corrected chi connectivity index (χ2v) is 5.31. The summed E-state index contributed by atoms with van der Waals surface area (Å²) in [4.78, 5) is 4.58. The molecule has 0 N–H and O–H groups in total. The molecule has 3 heteroatoms. The Morgan fingerprint density at radius 3 is 2.82 bits per heavy atom. The molecular formula is C14H17FN2. The molecule has 0 saturated heterocycles. The van der Waals surface area contributed by atoms with Crippen LogP contribution >= 0.6 is 0 Å². The lowest BCUT2D eigenvalue weighted by Gasteiger charge is -2.10. The molecule has 1 aliphatic carbocycles. The maximum absolute atomic E-state index is 13.2. The molecule has 1 aliphatic rings. The Morgan fingerprint density at radius 1 is 1.41 bits per heavy atom. The van der Waals surface area contributed by atoms with Gasteiger partial charge in [0.25, 0.3) is 0 Å². The third-order valence-electron chi connectivity index (χ3n) is 3.39. The normalized spacial score (nSPS) is 16.0. The van der Waals surface area contributed by atoms with Gasteiger partial charge < -0.3 is 4.57 Å². The minimum absolute atomic E-state index is 0.205. The van der Waals surface area contributed by atoms with Crippen molar-refractivity contribution >= 4 is 11.0 Å². The van der Waals surface area contributed by atoms with E-state index in [1.807, 2.05) is 6.07 Å². The highest BCUT2D eigenvalue weighted by molar-refractivity contribution is 5.76. The van der Waals surface area contributed by atoms with Crippen LogP contribution in [0, 0.1) is 11.7 Å². The van der Waals surface area contributed by atoms with Gasteiger partial charge in [0.15, 0.2) is 0 Å². The molecule has 0 atom stereocenters. The summed E-state index contributed by atoms with van der Waals surface area (Å²) in [6.07, 6.45) is 2.64. The lowest BCUT2D eigenvalue weighted by atomic mass is 10.2. The standard InChI is InChI=1S/C14H17FN2/c1-9(2)14-16-12-7-11(15)5-6-13(12)17(14)8-10-3-4-10/h5-7,9-10H,3-4,8H2,1-2H3. The fourth-order valence-corrected chi connectivity index (χ4v) is 2.31. The van der Waals surface area contributed by atoms with E-state index < -0.39 is 0 Å². The molecule has 1 saturated carbocycles. The Hall–Kier alpha value is -1.38. The Bertz CT molecular complexity index is 553. The number of hydrogen-bond acceptors (Lipinski definition) is 1. The predicted octanol–water partition coefficient (Wildman–Crippen LogP) is 3.71. The SMILES string of the molecule is CC(C)c1nc2cc(F)ccc2n1CC1CC1. The van der Waals surface area contributed by atoms with Crippen LogP contribution in [0.1, 0.15) is 38.4 Å². The Balaban J connectivity index is 2.15. The van der Waals surface area contributed by atoms with Crippen LogP contribution in [0.15, 0.2) is 18.2 Å². The van der Waals surface area contributed by atoms with E-state index in [0.29, 0.717) is 5.92 Å². The first kappa shape index (κ1) is 10.8. The van der Waals surface area contributed by atoms with Gasteiger partial charge in [-0.2, -0.15) is 0 Å². The van der Waals surface area contributed by atoms with Gasteiger partial charge in [-0.05, 0) is 30.9 Å². The van der Waals surface area contributed by atoms with Gasteiger partial charge in [0.2, 0.25) is 0 Å². The molecule has 2 aromatic rings. The molecule has 3 rings (SSSR count). The third-order valence-corrected chi connectivity index (χ3v) is 3.39. The monoisotopic (exact) mass is 232 g/mol. The summed E-state index contributed by atoms with van der Waals surface area (Å²) < 4.78 is 15.5. The fourth-order valence-electron chi connectivity index (χ4n) is 2.31. The predicted molar refractivity (Wildman–Crippen MR) is 66.5 cm³/mol. The summed E-state index contributed by atoms with van der Waals surface area (Å²) >= 11 is 0. The smallest absolute Gasteiger partial charge is 0.125 e. The molecule has 0 spiro atoms. The van der Waals surface area contributed by atoms with Crippen LogP contribution in [0.3, 0.4) is 0 Å². The first-order valence-electron chi connectivity index (χ1n) is 6.31. The van der Waals surface area contributed by atoms with Crippen molar-refractivity contribution in [3.05, 3.63) is 29.8 Å². The van der Waals surface area contributed by atoms with Gasteiger partial charge in [-0.25, -0.2) is 9.37 Å². The van der Waals surface area contributed by atoms with Gasteiger partial charge in [0, 0.05) is 18.5 Å². The van der Waals surface area contributed by atoms with E-state index in [2.05, 4.69) is 23.4 Å². The van der Waals surface area contributed by atoms with Crippen LogP contribution in [-0.4, -0.2) is 9.55 Å². The summed E-state index contributed by atoms with van der Waals surface area (Å²) in [6, 6.07) is 4.91. The van der Waals surface area contributed by atoms with Gasteiger partial charge in [-0.3, -0.25) is 0 Å². The molecular weight excluding hydrogens is 215 g/mol. The Morgan fingerprint density at radius 2 is 2.18 bits per heavy atom. The molecule has 90 valence electrons. The van der Waals surface area contributed by atoms with Crippen molar-refractivity contribution in [2.75, 3.05) is 0 Å². The maximum atomic E-state index is 13.2. The zero-order valence-electron chi connectivity index (χ0n) is 10.3. The summed E-state index contributed by atoms with van der Waals surface area (Å²) in [5, 5.41) is 0. The Kier molecular flexibility index (Phi) is 2.42. The molecule has 0 unspecified atom stereocenters. The average Bonchev–Trinajstić information content (AvgIpc) is 3.00. The number of aromatic nitrogens is 2. The molecule has 0 radical (unpaired) electrons. The summed E-state index contributed by atoms with van der Waals surface area (Å²) in [5.74, 6) is 2.06. The molecule has 2 nitrogen and oxygen atoms in total. The minimum Gasteiger partial charge on any atom is -0.327 e. The zero-order valence-corrected chi connectivity index (χ0v) is 10.3. The summed E-state index contributed by atoms with van der Waals surface area (Å²) in [5.41, 5.74) is 1.86. The number of imidazole rings is 1. The van der Waals surface area contributed by atoms with Gasteiger partial charge >= 0.3 is 0 Å². The molecule has 1 aromatic carbocycles. The summed E-state index contributed by atoms with van der Waals surface area (Å²) in [6.45, 7) is 5.32. The molecule has 17 heavy (non-hydrogen) atoms. The first-order chi connectivity index (χ1) is 8.15. The highest BCUT2D eigenvalue weighted by Gasteiger charge is 2.24. The lowest BCUT2D eigenvalue weighted by molar-refractivity contribution is 0.589. The first-order valence-corrected chi connectivity index (χ1v) is 6.31. The lowest BCUT2D eigenvalue weighted by Crippen LogP contribution is -2.06. The van der Waals surface area contributed by atoms with Gasteiger partial charge in [0.1, 0.15) is 11.6 Å². The highest BCUT2D eigenvalue weighted by atomic mass is 19.1. The van der Waals surface area contributed by atoms with Gasteiger partial charge in [-0.15, -0.1) is 0 Å². The number of halogens is 1. The maximum Gasteiger partial charge on any atom is 0.125 e. The molecule has 1 aromatic heterocycles. The number of hydrogen-bond donors (Lipinski definition) is 0. The van der Waals surface area contributed by atoms with E-state index >= 15 is 0 Å².